The summed E-state index contributed by atoms with van der Waals surface area (Å²) in [5, 5.41) is 10.2. The van der Waals surface area contributed by atoms with Gasteiger partial charge in [0, 0.05) is 0 Å². The van der Waals surface area contributed by atoms with Crippen molar-refractivity contribution in [2.45, 2.75) is 30.2 Å². The minimum absolute atomic E-state index is 0.432. The average molecular weight is 223 g/mol. The summed E-state index contributed by atoms with van der Waals surface area (Å²) in [6.45, 7) is 1.77. The van der Waals surface area contributed by atoms with Crippen molar-refractivity contribution in [3.63, 3.8) is 0 Å². The van der Waals surface area contributed by atoms with E-state index in [0.717, 1.165) is 18.4 Å². The molecule has 0 heterocycles. The van der Waals surface area contributed by atoms with E-state index in [1.165, 1.54) is 0 Å². The van der Waals surface area contributed by atoms with Crippen molar-refractivity contribution in [2.75, 3.05) is 0 Å². The lowest BCUT2D eigenvalue weighted by atomic mass is 9.98. The SMILES string of the molecule is CC(O)(C=Cc1ccccc1)C1(Cl)CC1. The number of halogens is 1. The van der Waals surface area contributed by atoms with E-state index in [2.05, 4.69) is 0 Å². The predicted molar refractivity (Wildman–Crippen MR) is 63.9 cm³/mol. The lowest BCUT2D eigenvalue weighted by molar-refractivity contribution is 0.0993. The van der Waals surface area contributed by atoms with E-state index in [9.17, 15) is 5.11 Å². The van der Waals surface area contributed by atoms with Crippen LogP contribution in [0.1, 0.15) is 25.3 Å². The number of rotatable bonds is 3. The fraction of sp³-hybridized carbons (Fsp3) is 0.385. The van der Waals surface area contributed by atoms with Crippen molar-refractivity contribution in [3.05, 3.63) is 42.0 Å². The quantitative estimate of drug-likeness (QED) is 0.779. The molecule has 0 saturated heterocycles. The van der Waals surface area contributed by atoms with Gasteiger partial charge in [0.15, 0.2) is 0 Å². The molecule has 1 atom stereocenters. The maximum absolute atomic E-state index is 10.2. The summed E-state index contributed by atoms with van der Waals surface area (Å²) < 4.78 is 0. The van der Waals surface area contributed by atoms with Crippen molar-refractivity contribution in [2.24, 2.45) is 0 Å². The third-order valence-electron chi connectivity index (χ3n) is 3.00. The summed E-state index contributed by atoms with van der Waals surface area (Å²) in [6.07, 6.45) is 5.49. The van der Waals surface area contributed by atoms with Crippen LogP contribution >= 0.6 is 11.6 Å². The zero-order chi connectivity index (χ0) is 10.9. The van der Waals surface area contributed by atoms with Crippen LogP contribution in [0, 0.1) is 0 Å². The molecule has 0 radical (unpaired) electrons. The molecule has 0 aliphatic heterocycles. The van der Waals surface area contributed by atoms with Gasteiger partial charge in [-0.15, -0.1) is 11.6 Å². The van der Waals surface area contributed by atoms with Gasteiger partial charge in [-0.25, -0.2) is 0 Å². The predicted octanol–water partition coefficient (Wildman–Crippen LogP) is 3.22. The molecule has 1 aromatic rings. The first-order valence-electron chi connectivity index (χ1n) is 5.19. The summed E-state index contributed by atoms with van der Waals surface area (Å²) in [5.74, 6) is 0. The second kappa shape index (κ2) is 3.66. The summed E-state index contributed by atoms with van der Waals surface area (Å²) in [6, 6.07) is 9.92. The monoisotopic (exact) mass is 222 g/mol. The number of alkyl halides is 1. The Morgan fingerprint density at radius 2 is 1.93 bits per heavy atom. The maximum atomic E-state index is 10.2. The number of hydrogen-bond donors (Lipinski definition) is 1. The molecular weight excluding hydrogens is 208 g/mol. The van der Waals surface area contributed by atoms with Gasteiger partial charge in [-0.05, 0) is 25.3 Å². The molecule has 0 bridgehead atoms. The zero-order valence-electron chi connectivity index (χ0n) is 8.78. The Kier molecular flexibility index (Phi) is 2.61. The van der Waals surface area contributed by atoms with Crippen LogP contribution in [0.15, 0.2) is 36.4 Å². The van der Waals surface area contributed by atoms with Crippen molar-refractivity contribution in [3.8, 4) is 0 Å². The molecule has 1 nitrogen and oxygen atoms in total. The third-order valence-corrected chi connectivity index (χ3v) is 3.76. The number of hydrogen-bond acceptors (Lipinski definition) is 1. The third kappa shape index (κ3) is 2.24. The van der Waals surface area contributed by atoms with Crippen molar-refractivity contribution < 1.29 is 5.11 Å². The van der Waals surface area contributed by atoms with Crippen LogP contribution in [0.2, 0.25) is 0 Å². The fourth-order valence-corrected chi connectivity index (χ4v) is 1.75. The Hall–Kier alpha value is -0.790. The van der Waals surface area contributed by atoms with Crippen LogP contribution in [0.3, 0.4) is 0 Å². The van der Waals surface area contributed by atoms with Crippen LogP contribution in [-0.2, 0) is 0 Å². The molecule has 1 saturated carbocycles. The second-order valence-electron chi connectivity index (χ2n) is 4.36. The molecule has 0 amide bonds. The van der Waals surface area contributed by atoms with E-state index in [1.54, 1.807) is 13.0 Å². The van der Waals surface area contributed by atoms with Gasteiger partial charge in [0.1, 0.15) is 0 Å². The highest BCUT2D eigenvalue weighted by molar-refractivity contribution is 6.27. The zero-order valence-corrected chi connectivity index (χ0v) is 9.54. The number of aliphatic hydroxyl groups is 1. The van der Waals surface area contributed by atoms with E-state index in [0.29, 0.717) is 0 Å². The first-order valence-corrected chi connectivity index (χ1v) is 5.57. The van der Waals surface area contributed by atoms with Gasteiger partial charge in [-0.3, -0.25) is 0 Å². The molecule has 2 rings (SSSR count). The van der Waals surface area contributed by atoms with Crippen LogP contribution in [0.4, 0.5) is 0 Å². The highest BCUT2D eigenvalue weighted by Crippen LogP contribution is 2.51. The summed E-state index contributed by atoms with van der Waals surface area (Å²) in [7, 11) is 0. The van der Waals surface area contributed by atoms with Crippen LogP contribution < -0.4 is 0 Å². The van der Waals surface area contributed by atoms with Crippen molar-refractivity contribution >= 4 is 17.7 Å². The van der Waals surface area contributed by atoms with Gasteiger partial charge < -0.3 is 5.11 Å². The maximum Gasteiger partial charge on any atom is 0.0993 e. The second-order valence-corrected chi connectivity index (χ2v) is 5.08. The van der Waals surface area contributed by atoms with Crippen LogP contribution in [0.25, 0.3) is 6.08 Å². The minimum Gasteiger partial charge on any atom is -0.384 e. The van der Waals surface area contributed by atoms with Gasteiger partial charge in [0.2, 0.25) is 0 Å². The summed E-state index contributed by atoms with van der Waals surface area (Å²) in [4.78, 5) is -0.432. The highest BCUT2D eigenvalue weighted by atomic mass is 35.5. The molecule has 1 aliphatic carbocycles. The molecule has 1 fully saturated rings. The van der Waals surface area contributed by atoms with Gasteiger partial charge in [-0.2, -0.15) is 0 Å². The van der Waals surface area contributed by atoms with Crippen LogP contribution in [0.5, 0.6) is 0 Å². The highest BCUT2D eigenvalue weighted by Gasteiger charge is 2.53. The summed E-state index contributed by atoms with van der Waals surface area (Å²) >= 11 is 6.20. The topological polar surface area (TPSA) is 20.2 Å². The Bertz CT molecular complexity index is 363. The first-order chi connectivity index (χ1) is 7.04. The van der Waals surface area contributed by atoms with Gasteiger partial charge >= 0.3 is 0 Å². The molecule has 1 unspecified atom stereocenters. The van der Waals surface area contributed by atoms with E-state index in [1.807, 2.05) is 36.4 Å². The smallest absolute Gasteiger partial charge is 0.0993 e. The van der Waals surface area contributed by atoms with Gasteiger partial charge in [0.25, 0.3) is 0 Å². The van der Waals surface area contributed by atoms with Gasteiger partial charge in [0.05, 0.1) is 10.5 Å². The normalized spacial score (nSPS) is 22.6. The van der Waals surface area contributed by atoms with E-state index < -0.39 is 10.5 Å². The van der Waals surface area contributed by atoms with Crippen molar-refractivity contribution in [1.82, 2.24) is 0 Å². The Morgan fingerprint density at radius 3 is 2.47 bits per heavy atom. The molecular formula is C13H15ClO. The fourth-order valence-electron chi connectivity index (χ4n) is 1.59. The molecule has 0 aromatic heterocycles. The van der Waals surface area contributed by atoms with E-state index in [-0.39, 0.29) is 0 Å². The van der Waals surface area contributed by atoms with E-state index in [4.69, 9.17) is 11.6 Å². The Morgan fingerprint density at radius 1 is 1.33 bits per heavy atom. The molecule has 2 heteroatoms. The van der Waals surface area contributed by atoms with Crippen LogP contribution in [-0.4, -0.2) is 15.6 Å². The lowest BCUT2D eigenvalue weighted by Gasteiger charge is -2.24. The first kappa shape index (κ1) is 10.7. The lowest BCUT2D eigenvalue weighted by Crippen LogP contribution is -2.34. The number of benzene rings is 1. The minimum atomic E-state index is -0.912. The molecule has 1 aromatic carbocycles. The standard InChI is InChI=1S/C13H15ClO/c1-12(15,13(14)9-10-13)8-7-11-5-3-2-4-6-11/h2-8,15H,9-10H2,1H3. The average Bonchev–Trinajstić information content (AvgIpc) is 2.97. The largest absolute Gasteiger partial charge is 0.384 e. The summed E-state index contributed by atoms with van der Waals surface area (Å²) in [5.41, 5.74) is 0.170. The molecule has 15 heavy (non-hydrogen) atoms. The Balaban J connectivity index is 2.12. The molecule has 1 N–H and O–H groups in total. The Labute approximate surface area is 95.4 Å². The molecule has 0 spiro atoms. The molecule has 80 valence electrons. The van der Waals surface area contributed by atoms with Crippen molar-refractivity contribution in [1.29, 1.82) is 0 Å². The molecule has 1 aliphatic rings. The van der Waals surface area contributed by atoms with Gasteiger partial charge in [-0.1, -0.05) is 42.5 Å². The van der Waals surface area contributed by atoms with E-state index >= 15 is 0 Å².